The lowest BCUT2D eigenvalue weighted by atomic mass is 10.0. The molecule has 3 aromatic carbocycles. The van der Waals surface area contributed by atoms with E-state index in [1.807, 2.05) is 36.4 Å². The SMILES string of the molecule is O=C(O)c1cn2c3c(c(NCCCN4CCOCC4)c(F)cc3c1=O)Oc1c-2ccc2ccccc12. The number of morpholine rings is 1. The van der Waals surface area contributed by atoms with E-state index in [1.54, 1.807) is 4.57 Å². The Balaban J connectivity index is 1.47. The third-order valence-electron chi connectivity index (χ3n) is 6.80. The molecule has 1 aromatic heterocycles. The van der Waals surface area contributed by atoms with E-state index in [9.17, 15) is 14.7 Å². The Kier molecular flexibility index (Phi) is 5.58. The summed E-state index contributed by atoms with van der Waals surface area (Å²) in [6.07, 6.45) is 2.08. The number of pyridine rings is 1. The van der Waals surface area contributed by atoms with E-state index in [-0.39, 0.29) is 16.8 Å². The lowest BCUT2D eigenvalue weighted by molar-refractivity contribution is 0.0378. The molecule has 0 spiro atoms. The molecule has 4 aromatic rings. The van der Waals surface area contributed by atoms with E-state index in [0.717, 1.165) is 42.9 Å². The summed E-state index contributed by atoms with van der Waals surface area (Å²) in [6, 6.07) is 12.4. The maximum Gasteiger partial charge on any atom is 0.341 e. The van der Waals surface area contributed by atoms with E-state index in [4.69, 9.17) is 9.47 Å². The Morgan fingerprint density at radius 1 is 1.08 bits per heavy atom. The van der Waals surface area contributed by atoms with Gasteiger partial charge >= 0.3 is 5.97 Å². The van der Waals surface area contributed by atoms with Crippen LogP contribution in [0.25, 0.3) is 27.4 Å². The molecule has 184 valence electrons. The monoisotopic (exact) mass is 489 g/mol. The highest BCUT2D eigenvalue weighted by atomic mass is 19.1. The zero-order valence-electron chi connectivity index (χ0n) is 19.4. The van der Waals surface area contributed by atoms with Gasteiger partial charge in [0.2, 0.25) is 5.43 Å². The molecule has 0 radical (unpaired) electrons. The summed E-state index contributed by atoms with van der Waals surface area (Å²) >= 11 is 0. The lowest BCUT2D eigenvalue weighted by Gasteiger charge is -2.28. The lowest BCUT2D eigenvalue weighted by Crippen LogP contribution is -2.37. The number of anilines is 1. The summed E-state index contributed by atoms with van der Waals surface area (Å²) in [7, 11) is 0. The highest BCUT2D eigenvalue weighted by molar-refractivity contribution is 6.01. The van der Waals surface area contributed by atoms with Crippen molar-refractivity contribution in [3.63, 3.8) is 0 Å². The van der Waals surface area contributed by atoms with Crippen LogP contribution in [0.5, 0.6) is 11.5 Å². The van der Waals surface area contributed by atoms with Crippen molar-refractivity contribution in [3.05, 3.63) is 70.3 Å². The largest absolute Gasteiger partial charge is 0.477 e. The van der Waals surface area contributed by atoms with Crippen LogP contribution in [0, 0.1) is 5.82 Å². The second kappa shape index (κ2) is 8.92. The summed E-state index contributed by atoms with van der Waals surface area (Å²) < 4.78 is 28.8. The minimum atomic E-state index is -1.37. The minimum Gasteiger partial charge on any atom is -0.477 e. The van der Waals surface area contributed by atoms with Crippen LogP contribution in [-0.2, 0) is 4.74 Å². The van der Waals surface area contributed by atoms with Crippen molar-refractivity contribution in [1.82, 2.24) is 9.47 Å². The summed E-state index contributed by atoms with van der Waals surface area (Å²) in [4.78, 5) is 27.1. The molecular weight excluding hydrogens is 465 g/mol. The number of carboxylic acids is 1. The fourth-order valence-electron chi connectivity index (χ4n) is 5.00. The maximum absolute atomic E-state index is 15.4. The summed E-state index contributed by atoms with van der Waals surface area (Å²) in [5.41, 5.74) is -0.108. The van der Waals surface area contributed by atoms with Crippen LogP contribution < -0.4 is 15.5 Å². The van der Waals surface area contributed by atoms with E-state index < -0.39 is 22.8 Å². The third kappa shape index (κ3) is 3.68. The number of hydrogen-bond donors (Lipinski definition) is 2. The number of aromatic carboxylic acids is 1. The minimum absolute atomic E-state index is 0.0416. The number of carboxylic acid groups (broad SMARTS) is 1. The highest BCUT2D eigenvalue weighted by Gasteiger charge is 2.29. The number of nitrogens with one attached hydrogen (secondary N) is 1. The van der Waals surface area contributed by atoms with Gasteiger partial charge in [0.15, 0.2) is 17.3 Å². The number of aromatic nitrogens is 1. The molecule has 8 nitrogen and oxygen atoms in total. The van der Waals surface area contributed by atoms with Crippen molar-refractivity contribution in [2.24, 2.45) is 0 Å². The van der Waals surface area contributed by atoms with Gasteiger partial charge in [-0.25, -0.2) is 9.18 Å². The van der Waals surface area contributed by atoms with Crippen molar-refractivity contribution in [3.8, 4) is 17.2 Å². The molecule has 0 saturated carbocycles. The van der Waals surface area contributed by atoms with Crippen molar-refractivity contribution < 1.29 is 23.8 Å². The van der Waals surface area contributed by atoms with Crippen LogP contribution in [0.2, 0.25) is 0 Å². The zero-order valence-corrected chi connectivity index (χ0v) is 19.4. The van der Waals surface area contributed by atoms with Crippen LogP contribution in [-0.4, -0.2) is 59.9 Å². The Morgan fingerprint density at radius 2 is 1.89 bits per heavy atom. The molecule has 1 saturated heterocycles. The Labute approximate surface area is 205 Å². The first kappa shape index (κ1) is 22.5. The van der Waals surface area contributed by atoms with Crippen LogP contribution in [0.3, 0.4) is 0 Å². The number of benzene rings is 3. The number of fused-ring (bicyclic) bond motifs is 4. The fraction of sp³-hybridized carbons (Fsp3) is 0.259. The molecule has 6 rings (SSSR count). The summed E-state index contributed by atoms with van der Waals surface area (Å²) in [5, 5.41) is 14.5. The standard InChI is InChI=1S/C27H24FN3O5/c28-20-14-18-23-26(22(20)29-8-3-9-30-10-12-35-13-11-30)36-25-17-5-2-1-4-16(17)6-7-21(25)31(23)15-19(24(18)32)27(33)34/h1-2,4-7,14-15,29H,3,8-13H2,(H,33,34). The van der Waals surface area contributed by atoms with Crippen LogP contribution in [0.15, 0.2) is 53.5 Å². The molecule has 2 aliphatic rings. The summed E-state index contributed by atoms with van der Waals surface area (Å²) in [6.45, 7) is 4.53. The average molecular weight is 490 g/mol. The second-order valence-electron chi connectivity index (χ2n) is 8.98. The number of rotatable bonds is 6. The molecule has 0 atom stereocenters. The van der Waals surface area contributed by atoms with Crippen molar-refractivity contribution in [2.45, 2.75) is 6.42 Å². The van der Waals surface area contributed by atoms with Gasteiger partial charge in [-0.2, -0.15) is 0 Å². The van der Waals surface area contributed by atoms with Gasteiger partial charge in [-0.1, -0.05) is 30.3 Å². The van der Waals surface area contributed by atoms with Crippen LogP contribution in [0.4, 0.5) is 10.1 Å². The molecule has 2 N–H and O–H groups in total. The van der Waals surface area contributed by atoms with Gasteiger partial charge in [0.25, 0.3) is 0 Å². The topological polar surface area (TPSA) is 93.0 Å². The third-order valence-corrected chi connectivity index (χ3v) is 6.80. The first-order chi connectivity index (χ1) is 17.5. The van der Waals surface area contributed by atoms with E-state index in [2.05, 4.69) is 10.2 Å². The van der Waals surface area contributed by atoms with Crippen molar-refractivity contribution in [2.75, 3.05) is 44.7 Å². The molecule has 3 heterocycles. The normalized spacial score (nSPS) is 15.0. The van der Waals surface area contributed by atoms with Gasteiger partial charge in [-0.05, 0) is 30.5 Å². The number of hydrogen-bond acceptors (Lipinski definition) is 6. The summed E-state index contributed by atoms with van der Waals surface area (Å²) in [5.74, 6) is -1.39. The second-order valence-corrected chi connectivity index (χ2v) is 8.98. The molecule has 0 amide bonds. The first-order valence-electron chi connectivity index (χ1n) is 11.9. The maximum atomic E-state index is 15.4. The van der Waals surface area contributed by atoms with Gasteiger partial charge < -0.3 is 24.5 Å². The van der Waals surface area contributed by atoms with Gasteiger partial charge in [0.1, 0.15) is 16.8 Å². The van der Waals surface area contributed by atoms with Crippen molar-refractivity contribution >= 4 is 33.3 Å². The number of halogens is 1. The van der Waals surface area contributed by atoms with E-state index in [0.29, 0.717) is 36.7 Å². The molecule has 0 unspecified atom stereocenters. The number of nitrogens with zero attached hydrogens (tertiary/aromatic N) is 2. The van der Waals surface area contributed by atoms with Gasteiger partial charge in [-0.3, -0.25) is 9.69 Å². The molecule has 1 fully saturated rings. The zero-order chi connectivity index (χ0) is 24.8. The molecule has 9 heteroatoms. The van der Waals surface area contributed by atoms with E-state index in [1.165, 1.54) is 6.20 Å². The number of carbonyl (C=O) groups is 1. The smallest absolute Gasteiger partial charge is 0.341 e. The first-order valence-corrected chi connectivity index (χ1v) is 11.9. The Morgan fingerprint density at radius 3 is 2.69 bits per heavy atom. The van der Waals surface area contributed by atoms with Gasteiger partial charge in [-0.15, -0.1) is 0 Å². The predicted octanol–water partition coefficient (Wildman–Crippen LogP) is 4.22. The molecular formula is C27H24FN3O5. The fourth-order valence-corrected chi connectivity index (χ4v) is 5.00. The Hall–Kier alpha value is -3.95. The molecule has 0 aliphatic carbocycles. The molecule has 36 heavy (non-hydrogen) atoms. The average Bonchev–Trinajstić information content (AvgIpc) is 2.89. The highest BCUT2D eigenvalue weighted by Crippen LogP contribution is 2.47. The number of ether oxygens (including phenoxy) is 2. The molecule has 0 bridgehead atoms. The van der Waals surface area contributed by atoms with E-state index >= 15 is 4.39 Å². The van der Waals surface area contributed by atoms with Crippen LogP contribution in [0.1, 0.15) is 16.8 Å². The predicted molar refractivity (Wildman–Crippen MR) is 134 cm³/mol. The van der Waals surface area contributed by atoms with Crippen LogP contribution >= 0.6 is 0 Å². The van der Waals surface area contributed by atoms with Crippen molar-refractivity contribution in [1.29, 1.82) is 0 Å². The molecule has 2 aliphatic heterocycles. The Bertz CT molecular complexity index is 1580. The van der Waals surface area contributed by atoms with Gasteiger partial charge in [0.05, 0.1) is 24.3 Å². The quantitative estimate of drug-likeness (QED) is 0.345. The van der Waals surface area contributed by atoms with Gasteiger partial charge in [0, 0.05) is 31.2 Å².